The largest absolute Gasteiger partial charge is 0.497 e. The Kier molecular flexibility index (Phi) is 5.11. The second-order valence-corrected chi connectivity index (χ2v) is 5.06. The molecule has 0 saturated carbocycles. The number of ether oxygens (including phenoxy) is 2. The van der Waals surface area contributed by atoms with Crippen LogP contribution in [0.25, 0.3) is 0 Å². The van der Waals surface area contributed by atoms with Gasteiger partial charge in [0.25, 0.3) is 0 Å². The van der Waals surface area contributed by atoms with Gasteiger partial charge in [-0.25, -0.2) is 4.39 Å². The van der Waals surface area contributed by atoms with Crippen molar-refractivity contribution in [2.75, 3.05) is 7.11 Å². The lowest BCUT2D eigenvalue weighted by Crippen LogP contribution is -2.10. The standard InChI is InChI=1S/C16H16FNO2S/c1-19-14-7-4-12(15(17)9-14)10-20-13-5-2-11(3-6-13)8-16(18)21/h2-7,9H,8,10H2,1H3,(H2,18,21). The number of rotatable bonds is 6. The van der Waals surface area contributed by atoms with Crippen LogP contribution in [0.15, 0.2) is 42.5 Å². The number of benzene rings is 2. The van der Waals surface area contributed by atoms with Gasteiger partial charge in [0.2, 0.25) is 0 Å². The van der Waals surface area contributed by atoms with Crippen molar-refractivity contribution in [1.82, 2.24) is 0 Å². The fraction of sp³-hybridized carbons (Fsp3) is 0.188. The number of halogens is 1. The molecule has 0 amide bonds. The molecule has 3 nitrogen and oxygen atoms in total. The minimum Gasteiger partial charge on any atom is -0.497 e. The van der Waals surface area contributed by atoms with Gasteiger partial charge in [-0.3, -0.25) is 0 Å². The van der Waals surface area contributed by atoms with Crippen LogP contribution in [0.3, 0.4) is 0 Å². The molecular weight excluding hydrogens is 289 g/mol. The molecule has 2 N–H and O–H groups in total. The van der Waals surface area contributed by atoms with Crippen molar-refractivity contribution < 1.29 is 13.9 Å². The van der Waals surface area contributed by atoms with E-state index in [1.807, 2.05) is 24.3 Å². The van der Waals surface area contributed by atoms with Gasteiger partial charge >= 0.3 is 0 Å². The summed E-state index contributed by atoms with van der Waals surface area (Å²) in [5.74, 6) is 0.801. The highest BCUT2D eigenvalue weighted by atomic mass is 32.1. The third-order valence-electron chi connectivity index (χ3n) is 2.96. The molecule has 0 spiro atoms. The smallest absolute Gasteiger partial charge is 0.133 e. The summed E-state index contributed by atoms with van der Waals surface area (Å²) in [4.78, 5) is 0.448. The molecule has 0 heterocycles. The fourth-order valence-electron chi connectivity index (χ4n) is 1.84. The first-order valence-electron chi connectivity index (χ1n) is 6.41. The molecule has 0 unspecified atom stereocenters. The van der Waals surface area contributed by atoms with Crippen LogP contribution in [-0.4, -0.2) is 12.1 Å². The van der Waals surface area contributed by atoms with Gasteiger partial charge in [-0.05, 0) is 29.8 Å². The summed E-state index contributed by atoms with van der Waals surface area (Å²) in [7, 11) is 1.50. The predicted octanol–water partition coefficient (Wildman–Crippen LogP) is 3.24. The maximum absolute atomic E-state index is 13.8. The first-order chi connectivity index (χ1) is 10.1. The molecule has 0 aliphatic rings. The third kappa shape index (κ3) is 4.43. The van der Waals surface area contributed by atoms with Crippen LogP contribution < -0.4 is 15.2 Å². The molecular formula is C16H16FNO2S. The summed E-state index contributed by atoms with van der Waals surface area (Å²) in [6.07, 6.45) is 0.558. The summed E-state index contributed by atoms with van der Waals surface area (Å²) >= 11 is 4.85. The summed E-state index contributed by atoms with van der Waals surface area (Å²) < 4.78 is 24.3. The molecule has 0 aliphatic heterocycles. The number of hydrogen-bond donors (Lipinski definition) is 1. The van der Waals surface area contributed by atoms with Crippen LogP contribution >= 0.6 is 12.2 Å². The molecule has 0 aliphatic carbocycles. The zero-order valence-electron chi connectivity index (χ0n) is 11.6. The average Bonchev–Trinajstić information content (AvgIpc) is 2.47. The topological polar surface area (TPSA) is 44.5 Å². The molecule has 21 heavy (non-hydrogen) atoms. The molecule has 0 aromatic heterocycles. The highest BCUT2D eigenvalue weighted by Crippen LogP contribution is 2.19. The summed E-state index contributed by atoms with van der Waals surface area (Å²) in [6, 6.07) is 12.1. The first-order valence-corrected chi connectivity index (χ1v) is 6.82. The third-order valence-corrected chi connectivity index (χ3v) is 3.10. The Bertz CT molecular complexity index is 629. The lowest BCUT2D eigenvalue weighted by Gasteiger charge is -2.09. The van der Waals surface area contributed by atoms with E-state index < -0.39 is 0 Å². The average molecular weight is 305 g/mol. The highest BCUT2D eigenvalue weighted by Gasteiger charge is 2.05. The molecule has 0 radical (unpaired) electrons. The van der Waals surface area contributed by atoms with Gasteiger partial charge in [0, 0.05) is 18.1 Å². The lowest BCUT2D eigenvalue weighted by molar-refractivity contribution is 0.299. The van der Waals surface area contributed by atoms with Crippen molar-refractivity contribution >= 4 is 17.2 Å². The molecule has 0 fully saturated rings. The summed E-state index contributed by atoms with van der Waals surface area (Å²) in [5.41, 5.74) is 6.98. The van der Waals surface area contributed by atoms with Gasteiger partial charge in [0.15, 0.2) is 0 Å². The van der Waals surface area contributed by atoms with Crippen molar-refractivity contribution in [3.05, 3.63) is 59.4 Å². The highest BCUT2D eigenvalue weighted by molar-refractivity contribution is 7.80. The Labute approximate surface area is 128 Å². The van der Waals surface area contributed by atoms with Crippen LogP contribution in [0.2, 0.25) is 0 Å². The first kappa shape index (κ1) is 15.3. The second kappa shape index (κ2) is 7.04. The lowest BCUT2D eigenvalue weighted by atomic mass is 10.1. The Balaban J connectivity index is 1.98. The van der Waals surface area contributed by atoms with E-state index in [2.05, 4.69) is 0 Å². The Morgan fingerprint density at radius 1 is 1.14 bits per heavy atom. The number of methoxy groups -OCH3 is 1. The molecule has 110 valence electrons. The summed E-state index contributed by atoms with van der Waals surface area (Å²) in [5, 5.41) is 0. The van der Waals surface area contributed by atoms with Crippen molar-refractivity contribution in [2.45, 2.75) is 13.0 Å². The van der Waals surface area contributed by atoms with Crippen molar-refractivity contribution in [3.8, 4) is 11.5 Å². The SMILES string of the molecule is COc1ccc(COc2ccc(CC(N)=S)cc2)c(F)c1. The second-order valence-electron chi connectivity index (χ2n) is 4.53. The van der Waals surface area contributed by atoms with Crippen LogP contribution in [0, 0.1) is 5.82 Å². The van der Waals surface area contributed by atoms with E-state index in [0.29, 0.717) is 28.5 Å². The van der Waals surface area contributed by atoms with E-state index in [-0.39, 0.29) is 12.4 Å². The van der Waals surface area contributed by atoms with E-state index >= 15 is 0 Å². The van der Waals surface area contributed by atoms with Gasteiger partial charge in [-0.2, -0.15) is 0 Å². The zero-order chi connectivity index (χ0) is 15.2. The van der Waals surface area contributed by atoms with Crippen molar-refractivity contribution in [3.63, 3.8) is 0 Å². The molecule has 5 heteroatoms. The van der Waals surface area contributed by atoms with E-state index in [0.717, 1.165) is 5.56 Å². The molecule has 0 atom stereocenters. The molecule has 2 rings (SSSR count). The normalized spacial score (nSPS) is 10.2. The van der Waals surface area contributed by atoms with Gasteiger partial charge in [0.05, 0.1) is 12.1 Å². The Hall–Kier alpha value is -2.14. The Morgan fingerprint density at radius 2 is 1.81 bits per heavy atom. The Morgan fingerprint density at radius 3 is 2.38 bits per heavy atom. The maximum Gasteiger partial charge on any atom is 0.133 e. The van der Waals surface area contributed by atoms with E-state index in [9.17, 15) is 4.39 Å². The fourth-order valence-corrected chi connectivity index (χ4v) is 2.00. The van der Waals surface area contributed by atoms with Gasteiger partial charge < -0.3 is 15.2 Å². The van der Waals surface area contributed by atoms with Crippen LogP contribution in [0.5, 0.6) is 11.5 Å². The van der Waals surface area contributed by atoms with Gasteiger partial charge in [-0.1, -0.05) is 24.4 Å². The molecule has 0 saturated heterocycles. The van der Waals surface area contributed by atoms with Crippen LogP contribution in [-0.2, 0) is 13.0 Å². The van der Waals surface area contributed by atoms with E-state index in [4.69, 9.17) is 27.4 Å². The van der Waals surface area contributed by atoms with Crippen molar-refractivity contribution in [1.29, 1.82) is 0 Å². The van der Waals surface area contributed by atoms with E-state index in [1.54, 1.807) is 12.1 Å². The minimum absolute atomic E-state index is 0.157. The maximum atomic E-state index is 13.8. The number of hydrogen-bond acceptors (Lipinski definition) is 3. The van der Waals surface area contributed by atoms with Gasteiger partial charge in [-0.15, -0.1) is 0 Å². The van der Waals surface area contributed by atoms with E-state index in [1.165, 1.54) is 13.2 Å². The number of thiocarbonyl (C=S) groups is 1. The number of nitrogens with two attached hydrogens (primary N) is 1. The predicted molar refractivity (Wildman–Crippen MR) is 84.2 cm³/mol. The zero-order valence-corrected chi connectivity index (χ0v) is 12.5. The minimum atomic E-state index is -0.348. The molecule has 2 aromatic carbocycles. The summed E-state index contributed by atoms with van der Waals surface area (Å²) in [6.45, 7) is 0.157. The van der Waals surface area contributed by atoms with Crippen LogP contribution in [0.1, 0.15) is 11.1 Å². The van der Waals surface area contributed by atoms with Gasteiger partial charge in [0.1, 0.15) is 23.9 Å². The van der Waals surface area contributed by atoms with Crippen LogP contribution in [0.4, 0.5) is 4.39 Å². The molecule has 0 bridgehead atoms. The van der Waals surface area contributed by atoms with Crippen molar-refractivity contribution in [2.24, 2.45) is 5.73 Å². The quantitative estimate of drug-likeness (QED) is 0.832. The molecule has 2 aromatic rings. The monoisotopic (exact) mass is 305 g/mol.